The molecule has 0 spiro atoms. The minimum atomic E-state index is -3.86. The highest BCUT2D eigenvalue weighted by Crippen LogP contribution is 2.33. The maximum atomic E-state index is 14.5. The van der Waals surface area contributed by atoms with E-state index in [-0.39, 0.29) is 33.9 Å². The van der Waals surface area contributed by atoms with Gasteiger partial charge >= 0.3 is 5.57 Å². The van der Waals surface area contributed by atoms with Gasteiger partial charge in [-0.15, -0.1) is 8.78 Å². The SMILES string of the molecule is N#Cc1cccc(F)c1Nc1cc(C(=O)Nc2ccc(OC(F)(F)Cl)cc2)cnc1N1CC[C@@H](O)C1. The van der Waals surface area contributed by atoms with Crippen LogP contribution in [-0.4, -0.2) is 40.8 Å². The topological polar surface area (TPSA) is 111 Å². The molecule has 0 aliphatic carbocycles. The van der Waals surface area contributed by atoms with Crippen LogP contribution >= 0.6 is 11.6 Å². The summed E-state index contributed by atoms with van der Waals surface area (Å²) in [6, 6.07) is 12.5. The fourth-order valence-corrected chi connectivity index (χ4v) is 3.77. The molecule has 0 bridgehead atoms. The Hall–Kier alpha value is -4.01. The molecule has 36 heavy (non-hydrogen) atoms. The van der Waals surface area contributed by atoms with Gasteiger partial charge in [0.05, 0.1) is 28.6 Å². The van der Waals surface area contributed by atoms with Crippen LogP contribution < -0.4 is 20.3 Å². The van der Waals surface area contributed by atoms with Gasteiger partial charge in [0.1, 0.15) is 17.6 Å². The second kappa shape index (κ2) is 10.3. The van der Waals surface area contributed by atoms with E-state index in [1.165, 1.54) is 54.7 Å². The summed E-state index contributed by atoms with van der Waals surface area (Å²) in [6.45, 7) is 0.790. The van der Waals surface area contributed by atoms with E-state index in [1.807, 2.05) is 6.07 Å². The summed E-state index contributed by atoms with van der Waals surface area (Å²) in [5, 5.41) is 24.8. The molecule has 1 amide bonds. The lowest BCUT2D eigenvalue weighted by Gasteiger charge is -2.22. The van der Waals surface area contributed by atoms with Gasteiger partial charge in [0.2, 0.25) is 0 Å². The molecule has 1 aromatic heterocycles. The summed E-state index contributed by atoms with van der Waals surface area (Å²) in [4.78, 5) is 19.0. The number of anilines is 4. The molecule has 0 unspecified atom stereocenters. The zero-order valence-electron chi connectivity index (χ0n) is 18.5. The summed E-state index contributed by atoms with van der Waals surface area (Å²) in [6.07, 6.45) is 1.27. The van der Waals surface area contributed by atoms with Crippen molar-refractivity contribution in [1.82, 2.24) is 4.98 Å². The van der Waals surface area contributed by atoms with Crippen LogP contribution in [0.3, 0.4) is 0 Å². The van der Waals surface area contributed by atoms with E-state index in [2.05, 4.69) is 20.4 Å². The first kappa shape index (κ1) is 25.1. The number of alkyl halides is 3. The minimum absolute atomic E-state index is 0.0575. The number of halogens is 4. The molecular formula is C24H19ClF3N5O3. The number of carbonyl (C=O) groups is 1. The standard InChI is InChI=1S/C24H19ClF3N5O3/c25-24(27,28)36-18-6-4-16(5-7-18)31-23(35)15-10-20(22(30-12-15)33-9-8-17(34)13-33)32-21-14(11-29)2-1-3-19(21)26/h1-7,10,12,17,32,34H,8-9,13H2,(H,31,35)/t17-/m1/s1. The molecule has 1 aliphatic rings. The molecule has 8 nitrogen and oxygen atoms in total. The van der Waals surface area contributed by atoms with Crippen molar-refractivity contribution >= 4 is 40.4 Å². The second-order valence-corrected chi connectivity index (χ2v) is 8.35. The minimum Gasteiger partial charge on any atom is -0.420 e. The molecule has 0 radical (unpaired) electrons. The van der Waals surface area contributed by atoms with Crippen molar-refractivity contribution in [2.24, 2.45) is 0 Å². The summed E-state index contributed by atoms with van der Waals surface area (Å²) in [5.41, 5.74) is -3.24. The highest BCUT2D eigenvalue weighted by Gasteiger charge is 2.28. The lowest BCUT2D eigenvalue weighted by Crippen LogP contribution is -2.24. The van der Waals surface area contributed by atoms with Crippen LogP contribution in [0, 0.1) is 17.1 Å². The Morgan fingerprint density at radius 3 is 2.67 bits per heavy atom. The van der Waals surface area contributed by atoms with Gasteiger partial charge in [-0.2, -0.15) is 5.26 Å². The first-order chi connectivity index (χ1) is 17.1. The third-order valence-electron chi connectivity index (χ3n) is 5.33. The average Bonchev–Trinajstić information content (AvgIpc) is 3.26. The van der Waals surface area contributed by atoms with Crippen LogP contribution in [0.15, 0.2) is 54.7 Å². The fourth-order valence-electron chi connectivity index (χ4n) is 3.68. The smallest absolute Gasteiger partial charge is 0.420 e. The van der Waals surface area contributed by atoms with Crippen molar-refractivity contribution in [3.63, 3.8) is 0 Å². The Labute approximate surface area is 208 Å². The number of ether oxygens (including phenoxy) is 1. The van der Waals surface area contributed by atoms with Crippen molar-refractivity contribution in [2.75, 3.05) is 28.6 Å². The second-order valence-electron chi connectivity index (χ2n) is 7.91. The van der Waals surface area contributed by atoms with Crippen LogP contribution in [0.5, 0.6) is 5.75 Å². The molecule has 12 heteroatoms. The normalized spacial score (nSPS) is 15.3. The van der Waals surface area contributed by atoms with Gasteiger partial charge in [0, 0.05) is 36.6 Å². The van der Waals surface area contributed by atoms with Gasteiger partial charge in [-0.3, -0.25) is 4.79 Å². The zero-order chi connectivity index (χ0) is 25.9. The Balaban J connectivity index is 1.61. The van der Waals surface area contributed by atoms with E-state index in [0.717, 1.165) is 0 Å². The van der Waals surface area contributed by atoms with Crippen molar-refractivity contribution in [3.8, 4) is 11.8 Å². The molecule has 1 aliphatic heterocycles. The molecule has 4 rings (SSSR count). The van der Waals surface area contributed by atoms with E-state index in [0.29, 0.717) is 25.3 Å². The molecule has 3 aromatic rings. The number of β-amino-alcohol motifs (C(OH)–C–C–N with tert-alkyl or cyclic N) is 1. The number of nitriles is 1. The number of aliphatic hydroxyl groups excluding tert-OH is 1. The number of benzene rings is 2. The molecular weight excluding hydrogens is 499 g/mol. The number of carbonyl (C=O) groups excluding carboxylic acids is 1. The third-order valence-corrected chi connectivity index (χ3v) is 5.41. The number of nitrogens with one attached hydrogen (secondary N) is 2. The fraction of sp³-hybridized carbons (Fsp3) is 0.208. The highest BCUT2D eigenvalue weighted by molar-refractivity contribution is 6.20. The first-order valence-electron chi connectivity index (χ1n) is 10.7. The quantitative estimate of drug-likeness (QED) is 0.385. The van der Waals surface area contributed by atoms with Crippen molar-refractivity contribution in [3.05, 3.63) is 71.7 Å². The number of nitrogens with zero attached hydrogens (tertiary/aromatic N) is 3. The van der Waals surface area contributed by atoms with Gasteiger partial charge in [0.25, 0.3) is 5.91 Å². The average molecular weight is 518 g/mol. The molecule has 0 saturated carbocycles. The molecule has 1 saturated heterocycles. The molecule has 2 heterocycles. The maximum absolute atomic E-state index is 14.5. The number of rotatable bonds is 7. The molecule has 2 aromatic carbocycles. The number of hydrogen-bond acceptors (Lipinski definition) is 7. The Bertz CT molecular complexity index is 1310. The molecule has 1 atom stereocenters. The predicted octanol–water partition coefficient (Wildman–Crippen LogP) is 4.83. The lowest BCUT2D eigenvalue weighted by molar-refractivity contribution is -0.0964. The van der Waals surface area contributed by atoms with Gasteiger partial charge < -0.3 is 25.4 Å². The number of hydrogen-bond donors (Lipinski definition) is 3. The number of pyridine rings is 1. The number of amides is 1. The molecule has 186 valence electrons. The van der Waals surface area contributed by atoms with Crippen LogP contribution in [-0.2, 0) is 0 Å². The lowest BCUT2D eigenvalue weighted by atomic mass is 10.1. The van der Waals surface area contributed by atoms with E-state index in [9.17, 15) is 28.3 Å². The van der Waals surface area contributed by atoms with Crippen molar-refractivity contribution in [2.45, 2.75) is 18.1 Å². The summed E-state index contributed by atoms with van der Waals surface area (Å²) < 4.78 is 44.3. The van der Waals surface area contributed by atoms with Gasteiger partial charge in [-0.25, -0.2) is 9.37 Å². The van der Waals surface area contributed by atoms with Crippen molar-refractivity contribution < 1.29 is 27.8 Å². The summed E-state index contributed by atoms with van der Waals surface area (Å²) >= 11 is 4.74. The van der Waals surface area contributed by atoms with Crippen LogP contribution in [0.25, 0.3) is 0 Å². The van der Waals surface area contributed by atoms with Crippen LogP contribution in [0.1, 0.15) is 22.3 Å². The van der Waals surface area contributed by atoms with E-state index in [1.54, 1.807) is 4.90 Å². The number of aromatic nitrogens is 1. The molecule has 1 fully saturated rings. The maximum Gasteiger partial charge on any atom is 0.487 e. The monoisotopic (exact) mass is 517 g/mol. The summed E-state index contributed by atoms with van der Waals surface area (Å²) in [5.74, 6) is -1.07. The van der Waals surface area contributed by atoms with Gasteiger partial charge in [0.15, 0.2) is 5.82 Å². The Kier molecular flexibility index (Phi) is 7.19. The summed E-state index contributed by atoms with van der Waals surface area (Å²) in [7, 11) is 0. The number of aliphatic hydroxyl groups is 1. The molecule has 3 N–H and O–H groups in total. The predicted molar refractivity (Wildman–Crippen MR) is 127 cm³/mol. The van der Waals surface area contributed by atoms with Gasteiger partial charge in [-0.05, 0) is 48.9 Å². The van der Waals surface area contributed by atoms with Gasteiger partial charge in [-0.1, -0.05) is 6.07 Å². The van der Waals surface area contributed by atoms with Crippen LogP contribution in [0.4, 0.5) is 36.1 Å². The van der Waals surface area contributed by atoms with E-state index in [4.69, 9.17) is 11.6 Å². The highest BCUT2D eigenvalue weighted by atomic mass is 35.5. The Morgan fingerprint density at radius 1 is 1.28 bits per heavy atom. The number of para-hydroxylation sites is 1. The third kappa shape index (κ3) is 5.97. The Morgan fingerprint density at radius 2 is 2.03 bits per heavy atom. The largest absolute Gasteiger partial charge is 0.487 e. The van der Waals surface area contributed by atoms with Crippen LogP contribution in [0.2, 0.25) is 0 Å². The van der Waals surface area contributed by atoms with E-state index >= 15 is 0 Å². The first-order valence-corrected chi connectivity index (χ1v) is 11.1. The zero-order valence-corrected chi connectivity index (χ0v) is 19.3. The van der Waals surface area contributed by atoms with Crippen molar-refractivity contribution in [1.29, 1.82) is 5.26 Å². The van der Waals surface area contributed by atoms with E-state index < -0.39 is 23.4 Å².